The van der Waals surface area contributed by atoms with Gasteiger partial charge in [0, 0.05) is 13.1 Å². The van der Waals surface area contributed by atoms with Crippen molar-refractivity contribution in [3.8, 4) is 6.07 Å². The molecule has 0 unspecified atom stereocenters. The highest BCUT2D eigenvalue weighted by Gasteiger charge is 2.10. The molecule has 0 fully saturated rings. The quantitative estimate of drug-likeness (QED) is 0.905. The second kappa shape index (κ2) is 6.85. The van der Waals surface area contributed by atoms with Crippen LogP contribution in [0.5, 0.6) is 0 Å². The van der Waals surface area contributed by atoms with E-state index < -0.39 is 6.10 Å². The van der Waals surface area contributed by atoms with Gasteiger partial charge in [-0.15, -0.1) is 0 Å². The number of rotatable bonds is 5. The summed E-state index contributed by atoms with van der Waals surface area (Å²) in [6.07, 6.45) is -0.500. The van der Waals surface area contributed by atoms with Gasteiger partial charge in [0.05, 0.1) is 17.7 Å². The average Bonchev–Trinajstić information content (AvgIpc) is 2.48. The van der Waals surface area contributed by atoms with Gasteiger partial charge >= 0.3 is 0 Å². The summed E-state index contributed by atoms with van der Waals surface area (Å²) < 4.78 is 0. The summed E-state index contributed by atoms with van der Waals surface area (Å²) in [5.41, 5.74) is 2.66. The SMILES string of the molecule is CN(Cc1cccc(C#N)c1)C[C@@H](O)c1ccccc1. The Morgan fingerprint density at radius 3 is 2.60 bits per heavy atom. The predicted octanol–water partition coefficient (Wildman–Crippen LogP) is 2.72. The fourth-order valence-corrected chi connectivity index (χ4v) is 2.19. The standard InChI is InChI=1S/C17H18N2O/c1-19(12-15-7-5-6-14(10-15)11-18)13-17(20)16-8-3-2-4-9-16/h2-10,17,20H,12-13H2,1H3/t17-/m1/s1. The Hall–Kier alpha value is -2.15. The van der Waals surface area contributed by atoms with E-state index in [2.05, 4.69) is 6.07 Å². The van der Waals surface area contributed by atoms with Crippen LogP contribution in [-0.4, -0.2) is 23.6 Å². The Morgan fingerprint density at radius 1 is 1.15 bits per heavy atom. The number of benzene rings is 2. The molecule has 0 spiro atoms. The molecule has 0 bridgehead atoms. The highest BCUT2D eigenvalue weighted by atomic mass is 16.3. The molecule has 2 aromatic rings. The smallest absolute Gasteiger partial charge is 0.0991 e. The molecule has 0 aliphatic carbocycles. The molecule has 2 aromatic carbocycles. The molecule has 3 nitrogen and oxygen atoms in total. The van der Waals surface area contributed by atoms with Crippen molar-refractivity contribution in [2.24, 2.45) is 0 Å². The fourth-order valence-electron chi connectivity index (χ4n) is 2.19. The minimum absolute atomic E-state index is 0.500. The molecule has 3 heteroatoms. The van der Waals surface area contributed by atoms with Gasteiger partial charge in [-0.25, -0.2) is 0 Å². The third-order valence-electron chi connectivity index (χ3n) is 3.18. The predicted molar refractivity (Wildman–Crippen MR) is 78.9 cm³/mol. The van der Waals surface area contributed by atoms with E-state index in [0.717, 1.165) is 11.1 Å². The maximum absolute atomic E-state index is 10.2. The highest BCUT2D eigenvalue weighted by molar-refractivity contribution is 5.32. The number of hydrogen-bond donors (Lipinski definition) is 1. The zero-order valence-corrected chi connectivity index (χ0v) is 11.5. The summed E-state index contributed by atoms with van der Waals surface area (Å²) in [5, 5.41) is 19.1. The number of hydrogen-bond acceptors (Lipinski definition) is 3. The summed E-state index contributed by atoms with van der Waals surface area (Å²) in [4.78, 5) is 2.05. The van der Waals surface area contributed by atoms with Crippen molar-refractivity contribution in [2.45, 2.75) is 12.6 Å². The van der Waals surface area contributed by atoms with Crippen molar-refractivity contribution in [1.29, 1.82) is 5.26 Å². The van der Waals surface area contributed by atoms with E-state index in [-0.39, 0.29) is 0 Å². The molecule has 0 saturated heterocycles. The third kappa shape index (κ3) is 3.92. The van der Waals surface area contributed by atoms with Crippen molar-refractivity contribution in [3.05, 3.63) is 71.3 Å². The highest BCUT2D eigenvalue weighted by Crippen LogP contribution is 2.14. The summed E-state index contributed by atoms with van der Waals surface area (Å²) in [6.45, 7) is 1.26. The average molecular weight is 266 g/mol. The van der Waals surface area contributed by atoms with Crippen molar-refractivity contribution in [2.75, 3.05) is 13.6 Å². The molecule has 0 amide bonds. The van der Waals surface area contributed by atoms with Gasteiger partial charge in [0.1, 0.15) is 0 Å². The summed E-state index contributed by atoms with van der Waals surface area (Å²) >= 11 is 0. The second-order valence-corrected chi connectivity index (χ2v) is 4.94. The van der Waals surface area contributed by atoms with Crippen molar-refractivity contribution < 1.29 is 5.11 Å². The number of nitriles is 1. The molecule has 20 heavy (non-hydrogen) atoms. The molecule has 0 saturated carbocycles. The Kier molecular flexibility index (Phi) is 4.89. The topological polar surface area (TPSA) is 47.3 Å². The molecule has 0 heterocycles. The first kappa shape index (κ1) is 14.3. The van der Waals surface area contributed by atoms with Gasteiger partial charge in [-0.3, -0.25) is 4.90 Å². The van der Waals surface area contributed by atoms with E-state index in [9.17, 15) is 5.11 Å². The van der Waals surface area contributed by atoms with Crippen LogP contribution in [0.3, 0.4) is 0 Å². The van der Waals surface area contributed by atoms with Gasteiger partial charge in [-0.05, 0) is 30.3 Å². The van der Waals surface area contributed by atoms with Crippen LogP contribution in [0.25, 0.3) is 0 Å². The van der Waals surface area contributed by atoms with E-state index in [0.29, 0.717) is 18.7 Å². The van der Waals surface area contributed by atoms with Crippen LogP contribution in [0.1, 0.15) is 22.8 Å². The first-order chi connectivity index (χ1) is 9.69. The van der Waals surface area contributed by atoms with E-state index in [1.807, 2.05) is 60.5 Å². The Labute approximate surface area is 119 Å². The number of aliphatic hydroxyl groups is 1. The number of aliphatic hydroxyl groups excluding tert-OH is 1. The van der Waals surface area contributed by atoms with Crippen LogP contribution in [0.4, 0.5) is 0 Å². The van der Waals surface area contributed by atoms with E-state index in [1.54, 1.807) is 6.07 Å². The maximum atomic E-state index is 10.2. The maximum Gasteiger partial charge on any atom is 0.0991 e. The second-order valence-electron chi connectivity index (χ2n) is 4.94. The summed E-state index contributed by atoms with van der Waals surface area (Å²) in [5.74, 6) is 0. The van der Waals surface area contributed by atoms with Crippen LogP contribution < -0.4 is 0 Å². The lowest BCUT2D eigenvalue weighted by atomic mass is 10.1. The number of nitrogens with zero attached hydrogens (tertiary/aromatic N) is 2. The molecule has 1 N–H and O–H groups in total. The Balaban J connectivity index is 1.95. The van der Waals surface area contributed by atoms with Crippen LogP contribution in [0.15, 0.2) is 54.6 Å². The Bertz CT molecular complexity index is 589. The molecule has 0 aliphatic rings. The van der Waals surface area contributed by atoms with E-state index in [4.69, 9.17) is 5.26 Å². The van der Waals surface area contributed by atoms with Gasteiger partial charge in [-0.1, -0.05) is 42.5 Å². The normalized spacial score (nSPS) is 12.1. The van der Waals surface area contributed by atoms with Crippen LogP contribution in [-0.2, 0) is 6.54 Å². The summed E-state index contributed by atoms with van der Waals surface area (Å²) in [7, 11) is 1.96. The fraction of sp³-hybridized carbons (Fsp3) is 0.235. The lowest BCUT2D eigenvalue weighted by molar-refractivity contribution is 0.124. The Morgan fingerprint density at radius 2 is 1.90 bits per heavy atom. The first-order valence-electron chi connectivity index (χ1n) is 6.59. The monoisotopic (exact) mass is 266 g/mol. The molecule has 0 aliphatic heterocycles. The minimum atomic E-state index is -0.500. The molecule has 102 valence electrons. The molecule has 0 radical (unpaired) electrons. The number of likely N-dealkylation sites (N-methyl/N-ethyl adjacent to an activating group) is 1. The zero-order valence-electron chi connectivity index (χ0n) is 11.5. The van der Waals surface area contributed by atoms with Gasteiger partial charge < -0.3 is 5.11 Å². The van der Waals surface area contributed by atoms with Crippen molar-refractivity contribution in [1.82, 2.24) is 4.90 Å². The summed E-state index contributed by atoms with van der Waals surface area (Å²) in [6, 6.07) is 19.3. The van der Waals surface area contributed by atoms with Crippen molar-refractivity contribution >= 4 is 0 Å². The minimum Gasteiger partial charge on any atom is -0.387 e. The van der Waals surface area contributed by atoms with E-state index in [1.165, 1.54) is 0 Å². The van der Waals surface area contributed by atoms with Gasteiger partial charge in [-0.2, -0.15) is 5.26 Å². The van der Waals surface area contributed by atoms with E-state index >= 15 is 0 Å². The lowest BCUT2D eigenvalue weighted by Crippen LogP contribution is -2.24. The molecule has 0 aromatic heterocycles. The third-order valence-corrected chi connectivity index (χ3v) is 3.18. The molecule has 1 atom stereocenters. The lowest BCUT2D eigenvalue weighted by Gasteiger charge is -2.21. The van der Waals surface area contributed by atoms with Crippen LogP contribution in [0.2, 0.25) is 0 Å². The van der Waals surface area contributed by atoms with Crippen LogP contribution >= 0.6 is 0 Å². The molecular formula is C17H18N2O. The molecule has 2 rings (SSSR count). The zero-order chi connectivity index (χ0) is 14.4. The van der Waals surface area contributed by atoms with Gasteiger partial charge in [0.15, 0.2) is 0 Å². The van der Waals surface area contributed by atoms with Gasteiger partial charge in [0.2, 0.25) is 0 Å². The molecular weight excluding hydrogens is 248 g/mol. The van der Waals surface area contributed by atoms with Gasteiger partial charge in [0.25, 0.3) is 0 Å². The largest absolute Gasteiger partial charge is 0.387 e. The van der Waals surface area contributed by atoms with Crippen molar-refractivity contribution in [3.63, 3.8) is 0 Å². The van der Waals surface area contributed by atoms with Crippen LogP contribution in [0, 0.1) is 11.3 Å². The first-order valence-corrected chi connectivity index (χ1v) is 6.59.